The van der Waals surface area contributed by atoms with Crippen LogP contribution in [0.5, 0.6) is 0 Å². The second-order valence-electron chi connectivity index (χ2n) is 3.29. The lowest BCUT2D eigenvalue weighted by atomic mass is 10.1. The first kappa shape index (κ1) is 10.7. The van der Waals surface area contributed by atoms with Gasteiger partial charge in [-0.2, -0.15) is 0 Å². The minimum absolute atomic E-state index is 0.665. The Morgan fingerprint density at radius 2 is 2.31 bits per heavy atom. The number of hydrogen-bond acceptors (Lipinski definition) is 1. The lowest BCUT2D eigenvalue weighted by Crippen LogP contribution is -1.99. The lowest BCUT2D eigenvalue weighted by Gasteiger charge is -2.07. The van der Waals surface area contributed by atoms with Gasteiger partial charge in [-0.05, 0) is 30.9 Å². The third-order valence-electron chi connectivity index (χ3n) is 2.07. The summed E-state index contributed by atoms with van der Waals surface area (Å²) in [5.74, 6) is 0. The molecule has 0 spiro atoms. The molecule has 13 heavy (non-hydrogen) atoms. The van der Waals surface area contributed by atoms with Gasteiger partial charge in [-0.25, -0.2) is 0 Å². The van der Waals surface area contributed by atoms with Gasteiger partial charge in [-0.1, -0.05) is 35.3 Å². The second kappa shape index (κ2) is 6.14. The number of nitrogens with zero attached hydrogens (tertiary/aromatic N) is 1. The molecule has 1 nitrogen and oxygen atoms in total. The van der Waals surface area contributed by atoms with Gasteiger partial charge < -0.3 is 0 Å². The first-order valence-electron chi connectivity index (χ1n) is 4.86. The van der Waals surface area contributed by atoms with Crippen LogP contribution in [0.3, 0.4) is 0 Å². The molecular formula is C11H16BrN. The summed E-state index contributed by atoms with van der Waals surface area (Å²) in [5, 5.41) is 0. The molecule has 1 heterocycles. The summed E-state index contributed by atoms with van der Waals surface area (Å²) in [4.78, 5) is 4.76. The van der Waals surface area contributed by atoms with E-state index in [1.807, 2.05) is 18.5 Å². The molecule has 1 aromatic rings. The molecule has 0 aliphatic carbocycles. The Bertz CT molecular complexity index is 223. The molecule has 0 N–H and O–H groups in total. The average Bonchev–Trinajstić information content (AvgIpc) is 2.17. The van der Waals surface area contributed by atoms with E-state index in [1.165, 1.54) is 24.8 Å². The van der Waals surface area contributed by atoms with Crippen LogP contribution in [0.4, 0.5) is 0 Å². The highest BCUT2D eigenvalue weighted by Gasteiger charge is 2.02. The summed E-state index contributed by atoms with van der Waals surface area (Å²) in [6, 6.07) is 4.14. The van der Waals surface area contributed by atoms with Crippen LogP contribution >= 0.6 is 15.9 Å². The maximum absolute atomic E-state index is 4.09. The van der Waals surface area contributed by atoms with Crippen LogP contribution in [-0.4, -0.2) is 9.81 Å². The fourth-order valence-electron chi connectivity index (χ4n) is 1.33. The van der Waals surface area contributed by atoms with Crippen molar-refractivity contribution in [3.8, 4) is 0 Å². The molecule has 2 heteroatoms. The van der Waals surface area contributed by atoms with E-state index in [1.54, 1.807) is 0 Å². The van der Waals surface area contributed by atoms with Crippen LogP contribution in [0.1, 0.15) is 31.7 Å². The van der Waals surface area contributed by atoms with Gasteiger partial charge in [-0.3, -0.25) is 4.98 Å². The summed E-state index contributed by atoms with van der Waals surface area (Å²) in [7, 11) is 0. The molecular weight excluding hydrogens is 226 g/mol. The van der Waals surface area contributed by atoms with E-state index in [0.29, 0.717) is 4.83 Å². The molecule has 0 fully saturated rings. The summed E-state index contributed by atoms with van der Waals surface area (Å²) in [6.45, 7) is 2.22. The van der Waals surface area contributed by atoms with E-state index >= 15 is 0 Å². The third kappa shape index (κ3) is 4.41. The summed E-state index contributed by atoms with van der Waals surface area (Å²) < 4.78 is 0. The van der Waals surface area contributed by atoms with Crippen LogP contribution in [0, 0.1) is 0 Å². The highest BCUT2D eigenvalue weighted by Crippen LogP contribution is 2.14. The second-order valence-corrected chi connectivity index (χ2v) is 4.58. The topological polar surface area (TPSA) is 12.9 Å². The maximum Gasteiger partial charge on any atom is 0.0299 e. The van der Waals surface area contributed by atoms with Gasteiger partial charge in [0.15, 0.2) is 0 Å². The van der Waals surface area contributed by atoms with Crippen molar-refractivity contribution >= 4 is 15.9 Å². The number of aryl methyl sites for hydroxylation is 1. The van der Waals surface area contributed by atoms with E-state index in [9.17, 15) is 0 Å². The Kier molecular flexibility index (Phi) is 5.06. The Morgan fingerprint density at radius 3 is 2.92 bits per heavy atom. The largest absolute Gasteiger partial charge is 0.264 e. The Morgan fingerprint density at radius 1 is 1.46 bits per heavy atom. The molecule has 1 rings (SSSR count). The zero-order valence-corrected chi connectivity index (χ0v) is 9.63. The molecule has 0 aromatic carbocycles. The molecule has 1 atom stereocenters. The van der Waals surface area contributed by atoms with E-state index in [-0.39, 0.29) is 0 Å². The van der Waals surface area contributed by atoms with Crippen molar-refractivity contribution in [2.75, 3.05) is 0 Å². The molecule has 0 aliphatic rings. The predicted octanol–water partition coefficient (Wildman–Crippen LogP) is 3.58. The van der Waals surface area contributed by atoms with Crippen molar-refractivity contribution in [2.45, 2.75) is 37.4 Å². The zero-order valence-electron chi connectivity index (χ0n) is 8.04. The van der Waals surface area contributed by atoms with E-state index in [0.717, 1.165) is 6.42 Å². The zero-order chi connectivity index (χ0) is 9.52. The van der Waals surface area contributed by atoms with Crippen LogP contribution in [0.15, 0.2) is 24.5 Å². The summed E-state index contributed by atoms with van der Waals surface area (Å²) >= 11 is 3.68. The van der Waals surface area contributed by atoms with Gasteiger partial charge in [0.1, 0.15) is 0 Å². The monoisotopic (exact) mass is 241 g/mol. The number of pyridine rings is 1. The fraction of sp³-hybridized carbons (Fsp3) is 0.545. The Labute approximate surface area is 88.7 Å². The minimum Gasteiger partial charge on any atom is -0.264 e. The van der Waals surface area contributed by atoms with E-state index < -0.39 is 0 Å². The van der Waals surface area contributed by atoms with Crippen LogP contribution < -0.4 is 0 Å². The van der Waals surface area contributed by atoms with Crippen molar-refractivity contribution in [1.82, 2.24) is 4.98 Å². The normalized spacial score (nSPS) is 12.8. The highest BCUT2D eigenvalue weighted by molar-refractivity contribution is 9.09. The van der Waals surface area contributed by atoms with Crippen molar-refractivity contribution in [1.29, 1.82) is 0 Å². The smallest absolute Gasteiger partial charge is 0.0299 e. The number of hydrogen-bond donors (Lipinski definition) is 0. The van der Waals surface area contributed by atoms with Gasteiger partial charge in [0.2, 0.25) is 0 Å². The van der Waals surface area contributed by atoms with Gasteiger partial charge in [0.25, 0.3) is 0 Å². The van der Waals surface area contributed by atoms with E-state index in [4.69, 9.17) is 0 Å². The summed E-state index contributed by atoms with van der Waals surface area (Å²) in [5.41, 5.74) is 1.34. The summed E-state index contributed by atoms with van der Waals surface area (Å²) in [6.07, 6.45) is 8.62. The third-order valence-corrected chi connectivity index (χ3v) is 2.99. The van der Waals surface area contributed by atoms with Crippen molar-refractivity contribution in [3.05, 3.63) is 30.1 Å². The van der Waals surface area contributed by atoms with Crippen LogP contribution in [0.2, 0.25) is 0 Å². The molecule has 0 saturated carbocycles. The molecule has 0 amide bonds. The minimum atomic E-state index is 0.665. The Hall–Kier alpha value is -0.370. The van der Waals surface area contributed by atoms with Gasteiger partial charge >= 0.3 is 0 Å². The molecule has 0 aliphatic heterocycles. The average molecular weight is 242 g/mol. The number of aromatic nitrogens is 1. The standard InChI is InChI=1S/C11H16BrN/c1-2-4-11(12)7-6-10-5-3-8-13-9-10/h3,5,8-9,11H,2,4,6-7H2,1H3. The molecule has 0 bridgehead atoms. The molecule has 72 valence electrons. The predicted molar refractivity (Wildman–Crippen MR) is 60.2 cm³/mol. The molecule has 0 saturated heterocycles. The SMILES string of the molecule is CCCC(Br)CCc1cccnc1. The first-order valence-corrected chi connectivity index (χ1v) is 5.77. The van der Waals surface area contributed by atoms with Gasteiger partial charge in [0.05, 0.1) is 0 Å². The van der Waals surface area contributed by atoms with E-state index in [2.05, 4.69) is 33.9 Å². The first-order chi connectivity index (χ1) is 6.33. The van der Waals surface area contributed by atoms with Gasteiger partial charge in [0, 0.05) is 17.2 Å². The number of halogens is 1. The number of rotatable bonds is 5. The quantitative estimate of drug-likeness (QED) is 0.719. The highest BCUT2D eigenvalue weighted by atomic mass is 79.9. The van der Waals surface area contributed by atoms with Crippen molar-refractivity contribution in [3.63, 3.8) is 0 Å². The van der Waals surface area contributed by atoms with Crippen LogP contribution in [0.25, 0.3) is 0 Å². The fourth-order valence-corrected chi connectivity index (χ4v) is 2.01. The van der Waals surface area contributed by atoms with Crippen molar-refractivity contribution in [2.24, 2.45) is 0 Å². The molecule has 0 radical (unpaired) electrons. The van der Waals surface area contributed by atoms with Gasteiger partial charge in [-0.15, -0.1) is 0 Å². The van der Waals surface area contributed by atoms with Crippen molar-refractivity contribution < 1.29 is 0 Å². The maximum atomic E-state index is 4.09. The van der Waals surface area contributed by atoms with Crippen LogP contribution in [-0.2, 0) is 6.42 Å². The lowest BCUT2D eigenvalue weighted by molar-refractivity contribution is 0.692. The Balaban J connectivity index is 2.27. The molecule has 1 unspecified atom stereocenters. The molecule has 1 aromatic heterocycles. The number of alkyl halides is 1.